The molecule has 2 nitrogen and oxygen atoms in total. The third kappa shape index (κ3) is 1.63. The number of carbonyl (C=O) groups is 2. The van der Waals surface area contributed by atoms with Crippen molar-refractivity contribution in [2.75, 3.05) is 0 Å². The van der Waals surface area contributed by atoms with Crippen molar-refractivity contribution in [3.05, 3.63) is 0 Å². The first kappa shape index (κ1) is 8.34. The van der Waals surface area contributed by atoms with Crippen LogP contribution in [0.15, 0.2) is 0 Å². The highest BCUT2D eigenvalue weighted by Gasteiger charge is 2.28. The minimum Gasteiger partial charge on any atom is -0.299 e. The van der Waals surface area contributed by atoms with Gasteiger partial charge < -0.3 is 0 Å². The SMILES string of the molecule is CC(=O)C(C)(C)C(C)=O. The Kier molecular flexibility index (Phi) is 2.13. The summed E-state index contributed by atoms with van der Waals surface area (Å²) in [5, 5.41) is 0. The Morgan fingerprint density at radius 1 is 1.00 bits per heavy atom. The number of hydrogen-bond donors (Lipinski definition) is 0. The van der Waals surface area contributed by atoms with E-state index in [1.807, 2.05) is 0 Å². The Bertz CT molecular complexity index is 129. The second kappa shape index (κ2) is 2.29. The van der Waals surface area contributed by atoms with Gasteiger partial charge in [-0.05, 0) is 27.7 Å². The van der Waals surface area contributed by atoms with Crippen LogP contribution in [0.4, 0.5) is 0 Å². The summed E-state index contributed by atoms with van der Waals surface area (Å²) in [4.78, 5) is 21.4. The van der Waals surface area contributed by atoms with Gasteiger partial charge in [0.2, 0.25) is 0 Å². The first-order valence-corrected chi connectivity index (χ1v) is 2.91. The van der Waals surface area contributed by atoms with Crippen LogP contribution in [0, 0.1) is 5.41 Å². The third-order valence-corrected chi connectivity index (χ3v) is 1.76. The molecule has 0 saturated heterocycles. The Morgan fingerprint density at radius 3 is 1.22 bits per heavy atom. The van der Waals surface area contributed by atoms with Crippen molar-refractivity contribution in [1.29, 1.82) is 0 Å². The Labute approximate surface area is 55.3 Å². The van der Waals surface area contributed by atoms with Gasteiger partial charge in [-0.25, -0.2) is 0 Å². The van der Waals surface area contributed by atoms with Gasteiger partial charge in [-0.15, -0.1) is 0 Å². The molecule has 0 rings (SSSR count). The Balaban J connectivity index is 4.38. The average molecular weight is 128 g/mol. The van der Waals surface area contributed by atoms with E-state index >= 15 is 0 Å². The summed E-state index contributed by atoms with van der Waals surface area (Å²) in [6.07, 6.45) is 0. The van der Waals surface area contributed by atoms with Crippen LogP contribution in [-0.4, -0.2) is 11.6 Å². The largest absolute Gasteiger partial charge is 0.299 e. The van der Waals surface area contributed by atoms with Crippen LogP contribution in [0.2, 0.25) is 0 Å². The van der Waals surface area contributed by atoms with Gasteiger partial charge >= 0.3 is 0 Å². The summed E-state index contributed by atoms with van der Waals surface area (Å²) < 4.78 is 0. The van der Waals surface area contributed by atoms with Crippen molar-refractivity contribution in [3.8, 4) is 0 Å². The number of hydrogen-bond acceptors (Lipinski definition) is 2. The highest BCUT2D eigenvalue weighted by molar-refractivity contribution is 6.04. The highest BCUT2D eigenvalue weighted by atomic mass is 16.2. The number of carbonyl (C=O) groups excluding carboxylic acids is 2. The molecule has 0 aromatic carbocycles. The van der Waals surface area contributed by atoms with Crippen molar-refractivity contribution in [2.45, 2.75) is 27.7 Å². The molecule has 0 aliphatic carbocycles. The molecule has 0 bridgehead atoms. The lowest BCUT2D eigenvalue weighted by Gasteiger charge is -2.15. The second-order valence-electron chi connectivity index (χ2n) is 2.74. The smallest absolute Gasteiger partial charge is 0.142 e. The zero-order valence-corrected chi connectivity index (χ0v) is 6.32. The Morgan fingerprint density at radius 2 is 1.22 bits per heavy atom. The fourth-order valence-electron chi connectivity index (χ4n) is 0.248. The van der Waals surface area contributed by atoms with Crippen LogP contribution in [0.5, 0.6) is 0 Å². The van der Waals surface area contributed by atoms with E-state index in [2.05, 4.69) is 0 Å². The maximum atomic E-state index is 10.7. The molecule has 0 aliphatic heterocycles. The molecule has 0 atom stereocenters. The van der Waals surface area contributed by atoms with Gasteiger partial charge in [0, 0.05) is 0 Å². The molecule has 0 saturated carbocycles. The van der Waals surface area contributed by atoms with Gasteiger partial charge in [0.15, 0.2) is 0 Å². The van der Waals surface area contributed by atoms with Gasteiger partial charge in [0.1, 0.15) is 11.6 Å². The van der Waals surface area contributed by atoms with E-state index in [4.69, 9.17) is 0 Å². The first-order valence-electron chi connectivity index (χ1n) is 2.91. The van der Waals surface area contributed by atoms with Crippen LogP contribution in [-0.2, 0) is 9.59 Å². The lowest BCUT2D eigenvalue weighted by Crippen LogP contribution is -2.29. The predicted molar refractivity (Wildman–Crippen MR) is 35.1 cm³/mol. The molecule has 0 N–H and O–H groups in total. The van der Waals surface area contributed by atoms with E-state index in [1.165, 1.54) is 13.8 Å². The van der Waals surface area contributed by atoms with E-state index in [-0.39, 0.29) is 11.6 Å². The molecule has 0 heterocycles. The van der Waals surface area contributed by atoms with Gasteiger partial charge in [0.25, 0.3) is 0 Å². The number of ketones is 2. The normalized spacial score (nSPS) is 11.1. The summed E-state index contributed by atoms with van der Waals surface area (Å²) in [7, 11) is 0. The molecule has 0 radical (unpaired) electrons. The molecule has 0 aromatic heterocycles. The minimum absolute atomic E-state index is 0.0741. The van der Waals surface area contributed by atoms with Crippen LogP contribution in [0.3, 0.4) is 0 Å². The first-order chi connectivity index (χ1) is 3.89. The molecular weight excluding hydrogens is 116 g/mol. The predicted octanol–water partition coefficient (Wildman–Crippen LogP) is 1.19. The van der Waals surface area contributed by atoms with Crippen LogP contribution >= 0.6 is 0 Å². The topological polar surface area (TPSA) is 34.1 Å². The third-order valence-electron chi connectivity index (χ3n) is 1.76. The minimum atomic E-state index is -0.778. The molecule has 0 unspecified atom stereocenters. The van der Waals surface area contributed by atoms with E-state index < -0.39 is 5.41 Å². The average Bonchev–Trinajstić information content (AvgIpc) is 1.65. The molecule has 0 aromatic rings. The molecule has 2 heteroatoms. The summed E-state index contributed by atoms with van der Waals surface area (Å²) >= 11 is 0. The second-order valence-corrected chi connectivity index (χ2v) is 2.74. The summed E-state index contributed by atoms with van der Waals surface area (Å²) in [5.41, 5.74) is -0.778. The number of Topliss-reactive ketones (excluding diaryl/α,β-unsaturated/α-hetero) is 2. The molecule has 0 aliphatic rings. The van der Waals surface area contributed by atoms with Gasteiger partial charge in [-0.2, -0.15) is 0 Å². The van der Waals surface area contributed by atoms with Crippen molar-refractivity contribution < 1.29 is 9.59 Å². The van der Waals surface area contributed by atoms with E-state index in [0.717, 1.165) is 0 Å². The zero-order chi connectivity index (χ0) is 7.65. The number of rotatable bonds is 2. The molecule has 0 spiro atoms. The van der Waals surface area contributed by atoms with Crippen molar-refractivity contribution in [3.63, 3.8) is 0 Å². The summed E-state index contributed by atoms with van der Waals surface area (Å²) in [5.74, 6) is -0.148. The van der Waals surface area contributed by atoms with E-state index in [0.29, 0.717) is 0 Å². The maximum Gasteiger partial charge on any atom is 0.142 e. The molecule has 9 heavy (non-hydrogen) atoms. The van der Waals surface area contributed by atoms with Crippen LogP contribution in [0.1, 0.15) is 27.7 Å². The monoisotopic (exact) mass is 128 g/mol. The fraction of sp³-hybridized carbons (Fsp3) is 0.714. The van der Waals surface area contributed by atoms with Gasteiger partial charge in [-0.3, -0.25) is 9.59 Å². The van der Waals surface area contributed by atoms with Crippen molar-refractivity contribution >= 4 is 11.6 Å². The standard InChI is InChI=1S/C7H12O2/c1-5(8)7(3,4)6(2)9/h1-4H3. The molecular formula is C7H12O2. The zero-order valence-electron chi connectivity index (χ0n) is 6.32. The van der Waals surface area contributed by atoms with Crippen molar-refractivity contribution in [1.82, 2.24) is 0 Å². The maximum absolute atomic E-state index is 10.7. The quantitative estimate of drug-likeness (QED) is 0.523. The summed E-state index contributed by atoms with van der Waals surface area (Å²) in [6.45, 7) is 6.14. The Hall–Kier alpha value is -0.660. The molecule has 0 amide bonds. The van der Waals surface area contributed by atoms with Crippen LogP contribution in [0.25, 0.3) is 0 Å². The molecule has 0 fully saturated rings. The lowest BCUT2D eigenvalue weighted by atomic mass is 9.85. The summed E-state index contributed by atoms with van der Waals surface area (Å²) in [6, 6.07) is 0. The van der Waals surface area contributed by atoms with E-state index in [9.17, 15) is 9.59 Å². The lowest BCUT2D eigenvalue weighted by molar-refractivity contribution is -0.136. The van der Waals surface area contributed by atoms with Gasteiger partial charge in [-0.1, -0.05) is 0 Å². The van der Waals surface area contributed by atoms with Crippen LogP contribution < -0.4 is 0 Å². The highest BCUT2D eigenvalue weighted by Crippen LogP contribution is 2.16. The van der Waals surface area contributed by atoms with Gasteiger partial charge in [0.05, 0.1) is 5.41 Å². The molecule has 52 valence electrons. The van der Waals surface area contributed by atoms with Crippen molar-refractivity contribution in [2.24, 2.45) is 5.41 Å². The van der Waals surface area contributed by atoms with E-state index in [1.54, 1.807) is 13.8 Å². The fourth-order valence-corrected chi connectivity index (χ4v) is 0.248.